The highest BCUT2D eigenvalue weighted by Gasteiger charge is 2.26. The minimum atomic E-state index is 0.305. The van der Waals surface area contributed by atoms with Gasteiger partial charge in [-0.3, -0.25) is 11.3 Å². The largest absolute Gasteiger partial charge is 0.383 e. The molecular weight excluding hydrogens is 224 g/mol. The van der Waals surface area contributed by atoms with Crippen LogP contribution in [0, 0.1) is 11.8 Å². The summed E-state index contributed by atoms with van der Waals surface area (Å²) in [5.74, 6) is 7.82. The van der Waals surface area contributed by atoms with Crippen LogP contribution in [-0.2, 0) is 6.42 Å². The maximum absolute atomic E-state index is 5.90. The van der Waals surface area contributed by atoms with Gasteiger partial charge in [-0.25, -0.2) is 4.98 Å². The number of pyridine rings is 1. The standard InChI is InChI=1S/C14H24N4/c1-10-4-2-5-11(8-10)13(18-16)9-12-6-3-7-17-14(12)15/h3,6-7,10-11,13,18H,2,4-5,8-9,16H2,1H3,(H2,15,17). The van der Waals surface area contributed by atoms with Crippen LogP contribution in [0.3, 0.4) is 0 Å². The molecule has 1 aliphatic carbocycles. The third-order valence-electron chi connectivity index (χ3n) is 4.13. The Kier molecular flexibility index (Phi) is 4.55. The third-order valence-corrected chi connectivity index (χ3v) is 4.13. The van der Waals surface area contributed by atoms with Crippen molar-refractivity contribution < 1.29 is 0 Å². The maximum atomic E-state index is 5.90. The van der Waals surface area contributed by atoms with E-state index in [2.05, 4.69) is 17.3 Å². The molecule has 3 atom stereocenters. The lowest BCUT2D eigenvalue weighted by atomic mass is 9.77. The first-order chi connectivity index (χ1) is 8.70. The number of nitrogens with zero attached hydrogens (tertiary/aromatic N) is 1. The molecule has 1 aromatic rings. The average molecular weight is 248 g/mol. The number of hydrogen-bond acceptors (Lipinski definition) is 4. The normalized spacial score (nSPS) is 25.9. The van der Waals surface area contributed by atoms with E-state index >= 15 is 0 Å². The molecule has 0 radical (unpaired) electrons. The summed E-state index contributed by atoms with van der Waals surface area (Å²) in [5, 5.41) is 0. The molecule has 1 aliphatic rings. The fraction of sp³-hybridized carbons (Fsp3) is 0.643. The highest BCUT2D eigenvalue weighted by Crippen LogP contribution is 2.32. The molecule has 18 heavy (non-hydrogen) atoms. The molecule has 1 saturated carbocycles. The number of hydrazine groups is 1. The van der Waals surface area contributed by atoms with Crippen LogP contribution in [0.15, 0.2) is 18.3 Å². The monoisotopic (exact) mass is 248 g/mol. The van der Waals surface area contributed by atoms with Crippen molar-refractivity contribution in [3.8, 4) is 0 Å². The molecule has 0 aromatic carbocycles. The second kappa shape index (κ2) is 6.16. The predicted molar refractivity (Wildman–Crippen MR) is 74.6 cm³/mol. The quantitative estimate of drug-likeness (QED) is 0.561. The van der Waals surface area contributed by atoms with Gasteiger partial charge < -0.3 is 5.73 Å². The van der Waals surface area contributed by atoms with Gasteiger partial charge in [0.2, 0.25) is 0 Å². The van der Waals surface area contributed by atoms with Crippen LogP contribution in [-0.4, -0.2) is 11.0 Å². The maximum Gasteiger partial charge on any atom is 0.126 e. The minimum Gasteiger partial charge on any atom is -0.383 e. The lowest BCUT2D eigenvalue weighted by molar-refractivity contribution is 0.222. The molecule has 0 amide bonds. The van der Waals surface area contributed by atoms with E-state index in [1.165, 1.54) is 25.7 Å². The summed E-state index contributed by atoms with van der Waals surface area (Å²) in [5.41, 5.74) is 9.98. The Balaban J connectivity index is 2.03. The van der Waals surface area contributed by atoms with Gasteiger partial charge in [0, 0.05) is 12.2 Å². The minimum absolute atomic E-state index is 0.305. The van der Waals surface area contributed by atoms with Crippen molar-refractivity contribution in [2.24, 2.45) is 17.7 Å². The molecule has 100 valence electrons. The zero-order valence-corrected chi connectivity index (χ0v) is 11.1. The van der Waals surface area contributed by atoms with Gasteiger partial charge in [0.1, 0.15) is 5.82 Å². The Morgan fingerprint density at radius 2 is 2.33 bits per heavy atom. The number of nitrogens with one attached hydrogen (secondary N) is 1. The Hall–Kier alpha value is -1.13. The van der Waals surface area contributed by atoms with Gasteiger partial charge in [0.05, 0.1) is 0 Å². The van der Waals surface area contributed by atoms with E-state index < -0.39 is 0 Å². The van der Waals surface area contributed by atoms with Gasteiger partial charge in [0.25, 0.3) is 0 Å². The average Bonchev–Trinajstić information content (AvgIpc) is 2.38. The highest BCUT2D eigenvalue weighted by molar-refractivity contribution is 5.38. The van der Waals surface area contributed by atoms with Crippen LogP contribution in [0.4, 0.5) is 5.82 Å². The molecule has 4 nitrogen and oxygen atoms in total. The smallest absolute Gasteiger partial charge is 0.126 e. The van der Waals surface area contributed by atoms with E-state index in [4.69, 9.17) is 11.6 Å². The van der Waals surface area contributed by atoms with Crippen molar-refractivity contribution in [1.82, 2.24) is 10.4 Å². The lowest BCUT2D eigenvalue weighted by Gasteiger charge is -2.33. The lowest BCUT2D eigenvalue weighted by Crippen LogP contribution is -2.44. The summed E-state index contributed by atoms with van der Waals surface area (Å²) in [7, 11) is 0. The number of rotatable bonds is 4. The van der Waals surface area contributed by atoms with Crippen molar-refractivity contribution >= 4 is 5.82 Å². The van der Waals surface area contributed by atoms with Crippen LogP contribution in [0.25, 0.3) is 0 Å². The number of nitrogen functional groups attached to an aromatic ring is 1. The second-order valence-corrected chi connectivity index (χ2v) is 5.56. The summed E-state index contributed by atoms with van der Waals surface area (Å²) < 4.78 is 0. The molecular formula is C14H24N4. The number of aromatic nitrogens is 1. The first-order valence-corrected chi connectivity index (χ1v) is 6.86. The van der Waals surface area contributed by atoms with Crippen LogP contribution in [0.1, 0.15) is 38.2 Å². The van der Waals surface area contributed by atoms with Gasteiger partial charge in [-0.15, -0.1) is 0 Å². The van der Waals surface area contributed by atoms with Crippen molar-refractivity contribution in [1.29, 1.82) is 0 Å². The first kappa shape index (κ1) is 13.3. The van der Waals surface area contributed by atoms with E-state index in [1.807, 2.05) is 12.1 Å². The Labute approximate surface area is 109 Å². The molecule has 2 rings (SSSR count). The number of nitrogens with two attached hydrogens (primary N) is 2. The topological polar surface area (TPSA) is 77.0 Å². The molecule has 1 aromatic heterocycles. The summed E-state index contributed by atoms with van der Waals surface area (Å²) in [6.45, 7) is 2.33. The highest BCUT2D eigenvalue weighted by atomic mass is 15.2. The van der Waals surface area contributed by atoms with Gasteiger partial charge in [0.15, 0.2) is 0 Å². The Morgan fingerprint density at radius 3 is 3.00 bits per heavy atom. The molecule has 0 spiro atoms. The van der Waals surface area contributed by atoms with Crippen LogP contribution in [0.2, 0.25) is 0 Å². The molecule has 0 saturated heterocycles. The van der Waals surface area contributed by atoms with E-state index in [0.29, 0.717) is 17.8 Å². The molecule has 1 fully saturated rings. The van der Waals surface area contributed by atoms with Gasteiger partial charge in [-0.05, 0) is 42.7 Å². The Bertz CT molecular complexity index is 380. The SMILES string of the molecule is CC1CCCC(C(Cc2cccnc2N)NN)C1. The zero-order chi connectivity index (χ0) is 13.0. The van der Waals surface area contributed by atoms with Crippen LogP contribution < -0.4 is 17.0 Å². The summed E-state index contributed by atoms with van der Waals surface area (Å²) >= 11 is 0. The molecule has 5 N–H and O–H groups in total. The first-order valence-electron chi connectivity index (χ1n) is 6.86. The molecule has 3 unspecified atom stereocenters. The predicted octanol–water partition coefficient (Wildman–Crippen LogP) is 1.86. The van der Waals surface area contributed by atoms with Gasteiger partial charge in [-0.1, -0.05) is 25.8 Å². The van der Waals surface area contributed by atoms with Crippen LogP contribution in [0.5, 0.6) is 0 Å². The zero-order valence-electron chi connectivity index (χ0n) is 11.1. The fourth-order valence-corrected chi connectivity index (χ4v) is 3.07. The molecule has 0 bridgehead atoms. The van der Waals surface area contributed by atoms with Crippen molar-refractivity contribution in [2.75, 3.05) is 5.73 Å². The van der Waals surface area contributed by atoms with Gasteiger partial charge in [-0.2, -0.15) is 0 Å². The van der Waals surface area contributed by atoms with Crippen molar-refractivity contribution in [3.63, 3.8) is 0 Å². The fourth-order valence-electron chi connectivity index (χ4n) is 3.07. The summed E-state index contributed by atoms with van der Waals surface area (Å²) in [6.07, 6.45) is 7.78. The number of hydrogen-bond donors (Lipinski definition) is 3. The molecule has 0 aliphatic heterocycles. The Morgan fingerprint density at radius 1 is 1.50 bits per heavy atom. The van der Waals surface area contributed by atoms with E-state index in [1.54, 1.807) is 6.20 Å². The summed E-state index contributed by atoms with van der Waals surface area (Å²) in [6, 6.07) is 4.28. The van der Waals surface area contributed by atoms with Crippen LogP contribution >= 0.6 is 0 Å². The molecule has 4 heteroatoms. The van der Waals surface area contributed by atoms with E-state index in [-0.39, 0.29) is 0 Å². The second-order valence-electron chi connectivity index (χ2n) is 5.56. The van der Waals surface area contributed by atoms with Gasteiger partial charge >= 0.3 is 0 Å². The van der Waals surface area contributed by atoms with Crippen molar-refractivity contribution in [2.45, 2.75) is 45.1 Å². The number of anilines is 1. The van der Waals surface area contributed by atoms with E-state index in [0.717, 1.165) is 17.9 Å². The van der Waals surface area contributed by atoms with Crippen molar-refractivity contribution in [3.05, 3.63) is 23.9 Å². The third kappa shape index (κ3) is 3.21. The van der Waals surface area contributed by atoms with E-state index in [9.17, 15) is 0 Å². The summed E-state index contributed by atoms with van der Waals surface area (Å²) in [4.78, 5) is 4.14. The molecule has 1 heterocycles.